The summed E-state index contributed by atoms with van der Waals surface area (Å²) in [6.07, 6.45) is 1.74. The van der Waals surface area contributed by atoms with Crippen LogP contribution in [0.15, 0.2) is 41.3 Å². The molecule has 1 heterocycles. The van der Waals surface area contributed by atoms with Crippen molar-refractivity contribution in [1.82, 2.24) is 4.31 Å². The van der Waals surface area contributed by atoms with Gasteiger partial charge < -0.3 is 11.1 Å². The second-order valence-electron chi connectivity index (χ2n) is 7.27. The Morgan fingerprint density at radius 3 is 2.43 bits per heavy atom. The first-order chi connectivity index (χ1) is 14.1. The van der Waals surface area contributed by atoms with E-state index in [2.05, 4.69) is 5.32 Å². The Labute approximate surface area is 185 Å². The number of nitrogens with one attached hydrogen (secondary N) is 1. The lowest BCUT2D eigenvalue weighted by Crippen LogP contribution is -2.39. The monoisotopic (exact) mass is 469 g/mol. The van der Waals surface area contributed by atoms with Crippen LogP contribution < -0.4 is 11.1 Å². The predicted molar refractivity (Wildman–Crippen MR) is 117 cm³/mol. The smallest absolute Gasteiger partial charge is 0.255 e. The fourth-order valence-electron chi connectivity index (χ4n) is 3.31. The van der Waals surface area contributed by atoms with Gasteiger partial charge in [0.05, 0.1) is 15.7 Å². The van der Waals surface area contributed by atoms with Gasteiger partial charge in [0.15, 0.2) is 0 Å². The normalized spacial score (nSPS) is 17.5. The van der Waals surface area contributed by atoms with Gasteiger partial charge in [0.25, 0.3) is 5.91 Å². The molecule has 2 aromatic rings. The lowest BCUT2D eigenvalue weighted by atomic mass is 10.0. The second-order valence-corrected chi connectivity index (χ2v) is 9.99. The Morgan fingerprint density at radius 1 is 1.10 bits per heavy atom. The van der Waals surface area contributed by atoms with Crippen LogP contribution in [0.2, 0.25) is 10.0 Å². The van der Waals surface area contributed by atoms with Gasteiger partial charge in [-0.2, -0.15) is 4.31 Å². The third kappa shape index (κ3) is 4.78. The minimum Gasteiger partial charge on any atom is -0.366 e. The number of hydrogen-bond donors (Lipinski definition) is 2. The van der Waals surface area contributed by atoms with E-state index in [1.807, 2.05) is 6.92 Å². The third-order valence-electron chi connectivity index (χ3n) is 4.93. The zero-order valence-electron chi connectivity index (χ0n) is 16.2. The van der Waals surface area contributed by atoms with E-state index < -0.39 is 21.8 Å². The van der Waals surface area contributed by atoms with Crippen molar-refractivity contribution in [1.29, 1.82) is 0 Å². The van der Waals surface area contributed by atoms with Crippen LogP contribution in [0, 0.1) is 5.92 Å². The number of nitrogens with zero attached hydrogens (tertiary/aromatic N) is 1. The first kappa shape index (κ1) is 22.6. The van der Waals surface area contributed by atoms with Gasteiger partial charge in [0.2, 0.25) is 15.9 Å². The molecular weight excluding hydrogens is 449 g/mol. The second kappa shape index (κ2) is 8.93. The van der Waals surface area contributed by atoms with Crippen LogP contribution in [0.5, 0.6) is 0 Å². The summed E-state index contributed by atoms with van der Waals surface area (Å²) in [5.41, 5.74) is 5.70. The van der Waals surface area contributed by atoms with Gasteiger partial charge in [-0.3, -0.25) is 9.59 Å². The lowest BCUT2D eigenvalue weighted by molar-refractivity contribution is 0.0996. The highest BCUT2D eigenvalue weighted by atomic mass is 35.5. The fraction of sp³-hybridized carbons (Fsp3) is 0.300. The number of sulfonamides is 1. The lowest BCUT2D eigenvalue weighted by Gasteiger charge is -2.30. The number of benzene rings is 2. The summed E-state index contributed by atoms with van der Waals surface area (Å²) in [6, 6.07) is 8.27. The molecule has 2 aromatic carbocycles. The van der Waals surface area contributed by atoms with Crippen LogP contribution in [-0.2, 0) is 10.0 Å². The molecule has 3 N–H and O–H groups in total. The van der Waals surface area contributed by atoms with Gasteiger partial charge in [-0.15, -0.1) is 0 Å². The molecule has 1 aliphatic heterocycles. The number of hydrogen-bond acceptors (Lipinski definition) is 4. The summed E-state index contributed by atoms with van der Waals surface area (Å²) in [5.74, 6) is -1.02. The van der Waals surface area contributed by atoms with Crippen molar-refractivity contribution in [2.45, 2.75) is 24.7 Å². The highest BCUT2D eigenvalue weighted by Gasteiger charge is 2.31. The SMILES string of the molecule is C[C@@H]1CCCN(S(=O)(=O)c2cc(C(=O)Nc3cc(C(N)=O)ccc3Cl)ccc2Cl)C1. The number of piperidine rings is 1. The van der Waals surface area contributed by atoms with Gasteiger partial charge in [0, 0.05) is 24.2 Å². The molecular formula is C20H21Cl2N3O4S. The molecule has 1 saturated heterocycles. The Kier molecular flexibility index (Phi) is 6.71. The first-order valence-corrected chi connectivity index (χ1v) is 11.5. The maximum Gasteiger partial charge on any atom is 0.255 e. The molecule has 1 atom stereocenters. The number of rotatable bonds is 5. The molecule has 30 heavy (non-hydrogen) atoms. The number of carbonyl (C=O) groups excluding carboxylic acids is 2. The maximum atomic E-state index is 13.1. The van der Waals surface area contributed by atoms with Crippen molar-refractivity contribution in [2.24, 2.45) is 11.7 Å². The van der Waals surface area contributed by atoms with Crippen molar-refractivity contribution in [3.63, 3.8) is 0 Å². The highest BCUT2D eigenvalue weighted by molar-refractivity contribution is 7.89. The molecule has 7 nitrogen and oxygen atoms in total. The quantitative estimate of drug-likeness (QED) is 0.693. The Hall–Kier alpha value is -2.13. The average molecular weight is 470 g/mol. The highest BCUT2D eigenvalue weighted by Crippen LogP contribution is 2.30. The number of nitrogens with two attached hydrogens (primary N) is 1. The summed E-state index contributed by atoms with van der Waals surface area (Å²) >= 11 is 12.3. The van der Waals surface area contributed by atoms with Gasteiger partial charge in [-0.25, -0.2) is 8.42 Å². The zero-order valence-corrected chi connectivity index (χ0v) is 18.5. The maximum absolute atomic E-state index is 13.1. The standard InChI is InChI=1S/C20H21Cl2N3O4S/c1-12-3-2-8-25(11-12)30(28,29)18-10-14(5-7-16(18)22)20(27)24-17-9-13(19(23)26)4-6-15(17)21/h4-7,9-10,12H,2-3,8,11H2,1H3,(H2,23,26)(H,24,27)/t12-/m1/s1. The summed E-state index contributed by atoms with van der Waals surface area (Å²) in [5, 5.41) is 2.82. The molecule has 0 unspecified atom stereocenters. The van der Waals surface area contributed by atoms with Gasteiger partial charge in [-0.1, -0.05) is 30.1 Å². The summed E-state index contributed by atoms with van der Waals surface area (Å²) in [7, 11) is -3.85. The zero-order chi connectivity index (χ0) is 22.1. The fourth-order valence-corrected chi connectivity index (χ4v) is 5.58. The Bertz CT molecular complexity index is 1110. The molecule has 0 radical (unpaired) electrons. The third-order valence-corrected chi connectivity index (χ3v) is 7.61. The molecule has 1 fully saturated rings. The van der Waals surface area contributed by atoms with Crippen molar-refractivity contribution in [3.05, 3.63) is 57.6 Å². The van der Waals surface area contributed by atoms with E-state index in [-0.39, 0.29) is 37.7 Å². The Morgan fingerprint density at radius 2 is 1.77 bits per heavy atom. The van der Waals surface area contributed by atoms with Crippen molar-refractivity contribution in [2.75, 3.05) is 18.4 Å². The summed E-state index contributed by atoms with van der Waals surface area (Å²) in [4.78, 5) is 24.0. The minimum atomic E-state index is -3.85. The average Bonchev–Trinajstić information content (AvgIpc) is 2.69. The molecule has 0 aromatic heterocycles. The molecule has 3 rings (SSSR count). The molecule has 2 amide bonds. The topological polar surface area (TPSA) is 110 Å². The molecule has 10 heteroatoms. The van der Waals surface area contributed by atoms with Crippen LogP contribution in [0.3, 0.4) is 0 Å². The number of halogens is 2. The van der Waals surface area contributed by atoms with E-state index in [9.17, 15) is 18.0 Å². The molecule has 0 spiro atoms. The molecule has 0 aliphatic carbocycles. The largest absolute Gasteiger partial charge is 0.366 e. The predicted octanol–water partition coefficient (Wildman–Crippen LogP) is 3.77. The molecule has 0 saturated carbocycles. The van der Waals surface area contributed by atoms with Crippen molar-refractivity contribution < 1.29 is 18.0 Å². The van der Waals surface area contributed by atoms with E-state index in [0.717, 1.165) is 12.8 Å². The van der Waals surface area contributed by atoms with Crippen LogP contribution in [0.25, 0.3) is 0 Å². The van der Waals surface area contributed by atoms with Crippen LogP contribution in [-0.4, -0.2) is 37.6 Å². The van der Waals surface area contributed by atoms with E-state index in [1.54, 1.807) is 0 Å². The van der Waals surface area contributed by atoms with Gasteiger partial charge in [0.1, 0.15) is 4.90 Å². The van der Waals surface area contributed by atoms with Gasteiger partial charge >= 0.3 is 0 Å². The van der Waals surface area contributed by atoms with Crippen molar-refractivity contribution in [3.8, 4) is 0 Å². The number of primary amides is 1. The van der Waals surface area contributed by atoms with E-state index in [4.69, 9.17) is 28.9 Å². The van der Waals surface area contributed by atoms with E-state index in [0.29, 0.717) is 13.1 Å². The molecule has 160 valence electrons. The van der Waals surface area contributed by atoms with Gasteiger partial charge in [-0.05, 0) is 55.2 Å². The van der Waals surface area contributed by atoms with Crippen LogP contribution in [0.4, 0.5) is 5.69 Å². The number of carbonyl (C=O) groups is 2. The first-order valence-electron chi connectivity index (χ1n) is 9.30. The summed E-state index contributed by atoms with van der Waals surface area (Å²) in [6.45, 7) is 2.82. The van der Waals surface area contributed by atoms with Crippen LogP contribution in [0.1, 0.15) is 40.5 Å². The van der Waals surface area contributed by atoms with Crippen molar-refractivity contribution >= 4 is 50.7 Å². The number of anilines is 1. The van der Waals surface area contributed by atoms with E-state index in [1.165, 1.54) is 40.7 Å². The number of amides is 2. The molecule has 0 bridgehead atoms. The Balaban J connectivity index is 1.91. The van der Waals surface area contributed by atoms with E-state index >= 15 is 0 Å². The van der Waals surface area contributed by atoms with Crippen LogP contribution >= 0.6 is 23.2 Å². The molecule has 1 aliphatic rings. The minimum absolute atomic E-state index is 0.0403. The summed E-state index contributed by atoms with van der Waals surface area (Å²) < 4.78 is 27.6.